The molecule has 1 aliphatic rings. The van der Waals surface area contributed by atoms with Crippen LogP contribution in [0.1, 0.15) is 5.56 Å². The van der Waals surface area contributed by atoms with Crippen LogP contribution in [0.15, 0.2) is 29.3 Å². The highest BCUT2D eigenvalue weighted by Gasteiger charge is 2.18. The summed E-state index contributed by atoms with van der Waals surface area (Å²) in [6.45, 7) is 2.55. The summed E-state index contributed by atoms with van der Waals surface area (Å²) in [5, 5.41) is 5.56. The molecular formula is C12H13N3O2S. The molecule has 0 radical (unpaired) electrons. The maximum Gasteiger partial charge on any atom is 0.315 e. The lowest BCUT2D eigenvalue weighted by Gasteiger charge is -2.07. The largest absolute Gasteiger partial charge is 0.318 e. The van der Waals surface area contributed by atoms with Crippen LogP contribution in [-0.2, 0) is 9.59 Å². The van der Waals surface area contributed by atoms with Gasteiger partial charge in [0.1, 0.15) is 0 Å². The van der Waals surface area contributed by atoms with Crippen LogP contribution >= 0.6 is 11.8 Å². The first-order valence-corrected chi connectivity index (χ1v) is 6.50. The van der Waals surface area contributed by atoms with E-state index in [0.717, 1.165) is 11.3 Å². The summed E-state index contributed by atoms with van der Waals surface area (Å²) < 4.78 is 0. The van der Waals surface area contributed by atoms with Crippen molar-refractivity contribution in [3.8, 4) is 0 Å². The Hall–Kier alpha value is -1.82. The number of aryl methyl sites for hydroxylation is 1. The molecule has 94 valence electrons. The Morgan fingerprint density at radius 2 is 1.94 bits per heavy atom. The van der Waals surface area contributed by atoms with Gasteiger partial charge >= 0.3 is 11.8 Å². The average Bonchev–Trinajstić information content (AvgIpc) is 2.84. The van der Waals surface area contributed by atoms with Gasteiger partial charge in [0.05, 0.1) is 6.54 Å². The highest BCUT2D eigenvalue weighted by Crippen LogP contribution is 2.13. The first kappa shape index (κ1) is 12.6. The van der Waals surface area contributed by atoms with Gasteiger partial charge in [0, 0.05) is 11.4 Å². The topological polar surface area (TPSA) is 70.6 Å². The summed E-state index contributed by atoms with van der Waals surface area (Å²) in [6.07, 6.45) is 0. The van der Waals surface area contributed by atoms with Crippen molar-refractivity contribution < 1.29 is 9.59 Å². The zero-order valence-electron chi connectivity index (χ0n) is 9.90. The Morgan fingerprint density at radius 3 is 2.61 bits per heavy atom. The van der Waals surface area contributed by atoms with Crippen molar-refractivity contribution >= 4 is 34.4 Å². The predicted octanol–water partition coefficient (Wildman–Crippen LogP) is 1.15. The average molecular weight is 263 g/mol. The molecule has 0 spiro atoms. The van der Waals surface area contributed by atoms with Gasteiger partial charge in [-0.2, -0.15) is 0 Å². The number of aliphatic imine (C=N–C) groups is 1. The van der Waals surface area contributed by atoms with Crippen LogP contribution in [0.25, 0.3) is 0 Å². The minimum atomic E-state index is -0.689. The van der Waals surface area contributed by atoms with E-state index in [-0.39, 0.29) is 0 Å². The van der Waals surface area contributed by atoms with Crippen LogP contribution < -0.4 is 10.6 Å². The first-order chi connectivity index (χ1) is 8.66. The van der Waals surface area contributed by atoms with E-state index in [4.69, 9.17) is 0 Å². The Bertz CT molecular complexity index is 514. The minimum Gasteiger partial charge on any atom is -0.318 e. The Kier molecular flexibility index (Phi) is 3.99. The van der Waals surface area contributed by atoms with Gasteiger partial charge in [-0.3, -0.25) is 19.9 Å². The van der Waals surface area contributed by atoms with E-state index in [9.17, 15) is 9.59 Å². The fourth-order valence-electron chi connectivity index (χ4n) is 1.46. The Balaban J connectivity index is 1.95. The van der Waals surface area contributed by atoms with Gasteiger partial charge in [0.15, 0.2) is 5.17 Å². The standard InChI is InChI=1S/C12H13N3O2S/c1-8-4-2-3-5-9(8)14-10(16)11(17)15-12-13-6-7-18-12/h2-5H,6-7H2,1H3,(H,14,16)(H,13,15,17). The van der Waals surface area contributed by atoms with Crippen molar-refractivity contribution in [1.29, 1.82) is 0 Å². The summed E-state index contributed by atoms with van der Waals surface area (Å²) in [7, 11) is 0. The zero-order valence-corrected chi connectivity index (χ0v) is 10.7. The quantitative estimate of drug-likeness (QED) is 0.747. The number of carbonyl (C=O) groups excluding carboxylic acids is 2. The van der Waals surface area contributed by atoms with E-state index in [2.05, 4.69) is 15.6 Å². The molecule has 1 aromatic rings. The molecule has 0 aromatic heterocycles. The second kappa shape index (κ2) is 5.68. The maximum atomic E-state index is 11.7. The highest BCUT2D eigenvalue weighted by atomic mass is 32.2. The molecule has 2 rings (SSSR count). The molecule has 1 heterocycles. The monoisotopic (exact) mass is 263 g/mol. The number of hydrogen-bond acceptors (Lipinski definition) is 4. The van der Waals surface area contributed by atoms with Crippen LogP contribution in [-0.4, -0.2) is 29.3 Å². The van der Waals surface area contributed by atoms with Gasteiger partial charge in [0.2, 0.25) is 0 Å². The van der Waals surface area contributed by atoms with Crippen molar-refractivity contribution in [2.45, 2.75) is 6.92 Å². The number of nitrogens with zero attached hydrogens (tertiary/aromatic N) is 1. The van der Waals surface area contributed by atoms with Gasteiger partial charge in [0.25, 0.3) is 0 Å². The van der Waals surface area contributed by atoms with E-state index in [1.807, 2.05) is 19.1 Å². The van der Waals surface area contributed by atoms with Crippen molar-refractivity contribution in [3.63, 3.8) is 0 Å². The third-order valence-electron chi connectivity index (χ3n) is 2.41. The summed E-state index contributed by atoms with van der Waals surface area (Å²) >= 11 is 1.44. The number of rotatable bonds is 1. The number of hydrogen-bond donors (Lipinski definition) is 2. The van der Waals surface area contributed by atoms with Gasteiger partial charge in [-0.1, -0.05) is 30.0 Å². The van der Waals surface area contributed by atoms with Gasteiger partial charge in [-0.05, 0) is 18.6 Å². The van der Waals surface area contributed by atoms with Gasteiger partial charge in [-0.25, -0.2) is 0 Å². The lowest BCUT2D eigenvalue weighted by molar-refractivity contribution is -0.135. The molecule has 0 fully saturated rings. The summed E-state index contributed by atoms with van der Waals surface area (Å²) in [5.74, 6) is -0.527. The number of nitrogens with one attached hydrogen (secondary N) is 2. The molecule has 0 unspecified atom stereocenters. The third kappa shape index (κ3) is 3.10. The van der Waals surface area contributed by atoms with E-state index in [1.54, 1.807) is 12.1 Å². The molecule has 18 heavy (non-hydrogen) atoms. The van der Waals surface area contributed by atoms with E-state index in [0.29, 0.717) is 17.4 Å². The van der Waals surface area contributed by atoms with E-state index >= 15 is 0 Å². The number of benzene rings is 1. The molecule has 0 aliphatic carbocycles. The van der Waals surface area contributed by atoms with Crippen LogP contribution in [0.4, 0.5) is 5.69 Å². The minimum absolute atomic E-state index is 0.514. The Labute approximate surface area is 109 Å². The van der Waals surface area contributed by atoms with Crippen LogP contribution in [0.2, 0.25) is 0 Å². The molecule has 5 nitrogen and oxygen atoms in total. The molecule has 0 saturated heterocycles. The third-order valence-corrected chi connectivity index (χ3v) is 3.30. The summed E-state index contributed by atoms with van der Waals surface area (Å²) in [4.78, 5) is 27.3. The van der Waals surface area contributed by atoms with Crippen molar-refractivity contribution in [2.75, 3.05) is 17.6 Å². The normalized spacial score (nSPS) is 13.9. The summed E-state index contributed by atoms with van der Waals surface area (Å²) in [5.41, 5.74) is 1.55. The smallest absolute Gasteiger partial charge is 0.315 e. The molecule has 2 amide bonds. The van der Waals surface area contributed by atoms with Crippen LogP contribution in [0, 0.1) is 6.92 Å². The molecule has 1 aromatic carbocycles. The zero-order chi connectivity index (χ0) is 13.0. The molecule has 2 N–H and O–H groups in total. The molecule has 1 aliphatic heterocycles. The number of para-hydroxylation sites is 1. The predicted molar refractivity (Wildman–Crippen MR) is 72.7 cm³/mol. The highest BCUT2D eigenvalue weighted by molar-refractivity contribution is 8.14. The van der Waals surface area contributed by atoms with E-state index < -0.39 is 11.8 Å². The molecule has 6 heteroatoms. The number of anilines is 1. The van der Waals surface area contributed by atoms with Crippen LogP contribution in [0.3, 0.4) is 0 Å². The lowest BCUT2D eigenvalue weighted by atomic mass is 10.2. The Morgan fingerprint density at radius 1 is 1.22 bits per heavy atom. The number of thioether (sulfide) groups is 1. The number of carbonyl (C=O) groups is 2. The molecule has 0 saturated carbocycles. The second-order valence-electron chi connectivity index (χ2n) is 3.76. The molecule has 0 atom stereocenters. The van der Waals surface area contributed by atoms with Gasteiger partial charge in [-0.15, -0.1) is 0 Å². The second-order valence-corrected chi connectivity index (χ2v) is 4.84. The van der Waals surface area contributed by atoms with E-state index in [1.165, 1.54) is 11.8 Å². The fourth-order valence-corrected chi connectivity index (χ4v) is 2.18. The maximum absolute atomic E-state index is 11.7. The van der Waals surface area contributed by atoms with Crippen LogP contribution in [0.5, 0.6) is 0 Å². The van der Waals surface area contributed by atoms with Crippen molar-refractivity contribution in [2.24, 2.45) is 4.99 Å². The van der Waals surface area contributed by atoms with Crippen molar-refractivity contribution in [1.82, 2.24) is 5.32 Å². The number of amides is 2. The fraction of sp³-hybridized carbons (Fsp3) is 0.250. The molecule has 0 bridgehead atoms. The lowest BCUT2D eigenvalue weighted by Crippen LogP contribution is -2.37. The number of amidine groups is 1. The van der Waals surface area contributed by atoms with Crippen molar-refractivity contribution in [3.05, 3.63) is 29.8 Å². The van der Waals surface area contributed by atoms with Gasteiger partial charge < -0.3 is 5.32 Å². The SMILES string of the molecule is Cc1ccccc1NC(=O)C(=O)NC1=NCCS1. The first-order valence-electron chi connectivity index (χ1n) is 5.52. The molecular weight excluding hydrogens is 250 g/mol. The summed E-state index contributed by atoms with van der Waals surface area (Å²) in [6, 6.07) is 7.29.